The van der Waals surface area contributed by atoms with Gasteiger partial charge in [-0.15, -0.1) is 24.9 Å². The van der Waals surface area contributed by atoms with Crippen LogP contribution in [0, 0.1) is 6.92 Å². The molecule has 1 N–H and O–H groups in total. The maximum Gasteiger partial charge on any atom is 0.235 e. The maximum absolute atomic E-state index is 12.3. The van der Waals surface area contributed by atoms with Crippen LogP contribution in [0.1, 0.15) is 12.5 Å². The molecular formula is C18H24N2O2S. The smallest absolute Gasteiger partial charge is 0.235 e. The van der Waals surface area contributed by atoms with Gasteiger partial charge in [-0.25, -0.2) is 0 Å². The first kappa shape index (κ1) is 19.0. The molecule has 2 amide bonds. The molecule has 124 valence electrons. The molecule has 1 aromatic rings. The van der Waals surface area contributed by atoms with Gasteiger partial charge < -0.3 is 10.2 Å². The minimum absolute atomic E-state index is 0.0158. The Kier molecular flexibility index (Phi) is 8.19. The molecule has 1 aromatic carbocycles. The second kappa shape index (κ2) is 9.90. The van der Waals surface area contributed by atoms with E-state index in [-0.39, 0.29) is 22.8 Å². The number of amides is 2. The monoisotopic (exact) mass is 332 g/mol. The minimum Gasteiger partial charge on any atom is -0.334 e. The molecule has 0 bridgehead atoms. The van der Waals surface area contributed by atoms with Crippen molar-refractivity contribution in [2.24, 2.45) is 0 Å². The Hall–Kier alpha value is -2.01. The number of carbonyl (C=O) groups is 2. The summed E-state index contributed by atoms with van der Waals surface area (Å²) < 4.78 is 0. The second-order valence-corrected chi connectivity index (χ2v) is 6.52. The first-order valence-electron chi connectivity index (χ1n) is 7.46. The lowest BCUT2D eigenvalue weighted by atomic mass is 10.2. The van der Waals surface area contributed by atoms with Gasteiger partial charge in [-0.05, 0) is 26.0 Å². The van der Waals surface area contributed by atoms with Crippen LogP contribution in [0.2, 0.25) is 0 Å². The van der Waals surface area contributed by atoms with Gasteiger partial charge in [0.15, 0.2) is 0 Å². The fourth-order valence-corrected chi connectivity index (χ4v) is 2.69. The van der Waals surface area contributed by atoms with E-state index in [4.69, 9.17) is 0 Å². The summed E-state index contributed by atoms with van der Waals surface area (Å²) in [4.78, 5) is 25.9. The molecule has 1 unspecified atom stereocenters. The number of hydrogen-bond donors (Lipinski definition) is 1. The minimum atomic E-state index is -0.293. The summed E-state index contributed by atoms with van der Waals surface area (Å²) in [5, 5.41) is 2.53. The summed E-state index contributed by atoms with van der Waals surface area (Å²) in [6, 6.07) is 7.61. The Morgan fingerprint density at radius 1 is 1.22 bits per heavy atom. The van der Waals surface area contributed by atoms with Gasteiger partial charge in [-0.2, -0.15) is 0 Å². The Morgan fingerprint density at radius 2 is 1.78 bits per heavy atom. The summed E-state index contributed by atoms with van der Waals surface area (Å²) in [6.07, 6.45) is 3.37. The van der Waals surface area contributed by atoms with Crippen LogP contribution < -0.4 is 5.32 Å². The van der Waals surface area contributed by atoms with Gasteiger partial charge in [-0.1, -0.05) is 29.8 Å². The Balaban J connectivity index is 2.47. The number of carbonyl (C=O) groups excluding carboxylic acids is 2. The van der Waals surface area contributed by atoms with E-state index < -0.39 is 0 Å². The van der Waals surface area contributed by atoms with E-state index in [1.165, 1.54) is 11.8 Å². The highest BCUT2D eigenvalue weighted by Gasteiger charge is 2.20. The Bertz CT molecular complexity index is 545. The van der Waals surface area contributed by atoms with Gasteiger partial charge in [0.2, 0.25) is 11.8 Å². The molecule has 0 aliphatic carbocycles. The van der Waals surface area contributed by atoms with Crippen molar-refractivity contribution in [2.45, 2.75) is 19.1 Å². The molecule has 0 heterocycles. The summed E-state index contributed by atoms with van der Waals surface area (Å²) in [5.74, 6) is 0.104. The van der Waals surface area contributed by atoms with Crippen LogP contribution in [-0.2, 0) is 9.59 Å². The number of rotatable bonds is 9. The lowest BCUT2D eigenvalue weighted by Gasteiger charge is -2.22. The predicted molar refractivity (Wildman–Crippen MR) is 98.7 cm³/mol. The molecule has 0 saturated heterocycles. The maximum atomic E-state index is 12.3. The number of nitrogens with zero attached hydrogens (tertiary/aromatic N) is 1. The average Bonchev–Trinajstić information content (AvgIpc) is 2.54. The van der Waals surface area contributed by atoms with Gasteiger partial charge >= 0.3 is 0 Å². The molecule has 0 saturated carbocycles. The largest absolute Gasteiger partial charge is 0.334 e. The predicted octanol–water partition coefficient (Wildman–Crippen LogP) is 3.26. The Morgan fingerprint density at radius 3 is 2.30 bits per heavy atom. The number of benzene rings is 1. The summed E-state index contributed by atoms with van der Waals surface area (Å²) in [7, 11) is 0. The van der Waals surface area contributed by atoms with E-state index in [2.05, 4.69) is 18.5 Å². The number of nitrogens with one attached hydrogen (secondary N) is 1. The quantitative estimate of drug-likeness (QED) is 0.706. The molecule has 23 heavy (non-hydrogen) atoms. The highest BCUT2D eigenvalue weighted by molar-refractivity contribution is 8.01. The van der Waals surface area contributed by atoms with Gasteiger partial charge in [0, 0.05) is 18.8 Å². The van der Waals surface area contributed by atoms with E-state index in [0.29, 0.717) is 13.1 Å². The standard InChI is InChI=1S/C18H24N2O2S/c1-5-11-20(12-6-2)18(22)15(4)23-13-17(21)19-16-9-7-14(3)8-10-16/h5-10,15H,1-2,11-13H2,3-4H3,(H,19,21). The highest BCUT2D eigenvalue weighted by atomic mass is 32.2. The fourth-order valence-electron chi connectivity index (χ4n) is 1.93. The van der Waals surface area contributed by atoms with Crippen LogP contribution in [0.3, 0.4) is 0 Å². The zero-order chi connectivity index (χ0) is 17.2. The molecule has 0 fully saturated rings. The van der Waals surface area contributed by atoms with Crippen LogP contribution in [0.15, 0.2) is 49.6 Å². The first-order valence-corrected chi connectivity index (χ1v) is 8.51. The average molecular weight is 332 g/mol. The summed E-state index contributed by atoms with van der Waals surface area (Å²) in [6.45, 7) is 12.1. The van der Waals surface area contributed by atoms with Crippen LogP contribution in [-0.4, -0.2) is 40.8 Å². The molecule has 0 spiro atoms. The number of aryl methyl sites for hydroxylation is 1. The van der Waals surface area contributed by atoms with Gasteiger partial charge in [0.1, 0.15) is 0 Å². The zero-order valence-electron chi connectivity index (χ0n) is 13.7. The highest BCUT2D eigenvalue weighted by Crippen LogP contribution is 2.15. The molecular weight excluding hydrogens is 308 g/mol. The van der Waals surface area contributed by atoms with E-state index in [1.807, 2.05) is 38.1 Å². The molecule has 1 atom stereocenters. The molecule has 0 aliphatic rings. The molecule has 0 aliphatic heterocycles. The molecule has 1 rings (SSSR count). The van der Waals surface area contributed by atoms with Gasteiger partial charge in [0.25, 0.3) is 0 Å². The van der Waals surface area contributed by atoms with E-state index in [0.717, 1.165) is 11.3 Å². The normalized spacial score (nSPS) is 11.4. The number of thioether (sulfide) groups is 1. The van der Waals surface area contributed by atoms with Crippen LogP contribution >= 0.6 is 11.8 Å². The number of hydrogen-bond acceptors (Lipinski definition) is 3. The van der Waals surface area contributed by atoms with Gasteiger partial charge in [-0.3, -0.25) is 9.59 Å². The molecule has 0 radical (unpaired) electrons. The van der Waals surface area contributed by atoms with Crippen molar-refractivity contribution >= 4 is 29.3 Å². The van der Waals surface area contributed by atoms with Crippen molar-refractivity contribution in [3.63, 3.8) is 0 Å². The lowest BCUT2D eigenvalue weighted by Crippen LogP contribution is -2.37. The fraction of sp³-hybridized carbons (Fsp3) is 0.333. The third-order valence-electron chi connectivity index (χ3n) is 3.16. The number of anilines is 1. The first-order chi connectivity index (χ1) is 11.0. The van der Waals surface area contributed by atoms with Crippen molar-refractivity contribution in [2.75, 3.05) is 24.2 Å². The Labute approximate surface area is 142 Å². The van der Waals surface area contributed by atoms with Crippen LogP contribution in [0.4, 0.5) is 5.69 Å². The van der Waals surface area contributed by atoms with Crippen molar-refractivity contribution in [3.8, 4) is 0 Å². The van der Waals surface area contributed by atoms with Crippen LogP contribution in [0.25, 0.3) is 0 Å². The SMILES string of the molecule is C=CCN(CC=C)C(=O)C(C)SCC(=O)Nc1ccc(C)cc1. The third kappa shape index (κ3) is 6.74. The summed E-state index contributed by atoms with van der Waals surface area (Å²) >= 11 is 1.32. The zero-order valence-corrected chi connectivity index (χ0v) is 14.6. The lowest BCUT2D eigenvalue weighted by molar-refractivity contribution is -0.129. The van der Waals surface area contributed by atoms with Crippen molar-refractivity contribution in [3.05, 3.63) is 55.1 Å². The van der Waals surface area contributed by atoms with Crippen molar-refractivity contribution < 1.29 is 9.59 Å². The summed E-state index contributed by atoms with van der Waals surface area (Å²) in [5.41, 5.74) is 1.90. The van der Waals surface area contributed by atoms with E-state index >= 15 is 0 Å². The topological polar surface area (TPSA) is 49.4 Å². The second-order valence-electron chi connectivity index (χ2n) is 5.19. The molecule has 5 heteroatoms. The van der Waals surface area contributed by atoms with E-state index in [1.54, 1.807) is 17.1 Å². The van der Waals surface area contributed by atoms with Crippen molar-refractivity contribution in [1.82, 2.24) is 4.90 Å². The molecule has 4 nitrogen and oxygen atoms in total. The van der Waals surface area contributed by atoms with Gasteiger partial charge in [0.05, 0.1) is 11.0 Å². The molecule has 0 aromatic heterocycles. The van der Waals surface area contributed by atoms with Crippen LogP contribution in [0.5, 0.6) is 0 Å². The third-order valence-corrected chi connectivity index (χ3v) is 4.29. The van der Waals surface area contributed by atoms with Crippen molar-refractivity contribution in [1.29, 1.82) is 0 Å². The van der Waals surface area contributed by atoms with E-state index in [9.17, 15) is 9.59 Å².